The minimum Gasteiger partial charge on any atom is -0.338 e. The van der Waals surface area contributed by atoms with Crippen LogP contribution in [-0.4, -0.2) is 30.0 Å². The molecule has 3 rings (SSSR count). The molecule has 3 amide bonds. The second kappa shape index (κ2) is 6.48. The number of hydrogen-bond acceptors (Lipinski definition) is 3. The normalized spacial score (nSPS) is 14.3. The highest BCUT2D eigenvalue weighted by Gasteiger charge is 2.19. The van der Waals surface area contributed by atoms with E-state index in [0.717, 1.165) is 12.1 Å². The lowest BCUT2D eigenvalue weighted by molar-refractivity contribution is 0.102. The van der Waals surface area contributed by atoms with Gasteiger partial charge in [-0.1, -0.05) is 6.07 Å². The number of nitrogens with zero attached hydrogens (tertiary/aromatic N) is 2. The number of aryl methyl sites for hydroxylation is 1. The zero-order valence-corrected chi connectivity index (χ0v) is 12.9. The van der Waals surface area contributed by atoms with E-state index in [2.05, 4.69) is 15.6 Å². The summed E-state index contributed by atoms with van der Waals surface area (Å²) in [5.41, 5.74) is 2.63. The first-order chi connectivity index (χ1) is 11.1. The zero-order valence-electron chi connectivity index (χ0n) is 12.9. The molecule has 0 atom stereocenters. The van der Waals surface area contributed by atoms with Crippen molar-refractivity contribution < 1.29 is 9.59 Å². The molecule has 1 aliphatic heterocycles. The van der Waals surface area contributed by atoms with Crippen molar-refractivity contribution in [2.24, 2.45) is 0 Å². The summed E-state index contributed by atoms with van der Waals surface area (Å²) in [7, 11) is 0. The SMILES string of the molecule is Cc1ncccc1C(=O)Nc1cccc(N2CCCNC2=O)c1. The van der Waals surface area contributed by atoms with E-state index in [1.54, 1.807) is 42.3 Å². The van der Waals surface area contributed by atoms with Gasteiger partial charge in [0.1, 0.15) is 0 Å². The van der Waals surface area contributed by atoms with Crippen molar-refractivity contribution in [3.8, 4) is 0 Å². The molecule has 0 spiro atoms. The van der Waals surface area contributed by atoms with Gasteiger partial charge in [0.2, 0.25) is 0 Å². The van der Waals surface area contributed by atoms with E-state index in [9.17, 15) is 9.59 Å². The van der Waals surface area contributed by atoms with Crippen molar-refractivity contribution in [1.29, 1.82) is 0 Å². The van der Waals surface area contributed by atoms with Gasteiger partial charge in [-0.05, 0) is 43.7 Å². The molecule has 0 aliphatic carbocycles. The molecule has 0 saturated carbocycles. The van der Waals surface area contributed by atoms with E-state index in [1.807, 2.05) is 12.1 Å². The van der Waals surface area contributed by atoms with Crippen LogP contribution in [0.25, 0.3) is 0 Å². The summed E-state index contributed by atoms with van der Waals surface area (Å²) in [5, 5.41) is 5.67. The predicted molar refractivity (Wildman–Crippen MR) is 88.7 cm³/mol. The van der Waals surface area contributed by atoms with Crippen molar-refractivity contribution in [2.75, 3.05) is 23.3 Å². The molecule has 23 heavy (non-hydrogen) atoms. The maximum Gasteiger partial charge on any atom is 0.321 e. The Morgan fingerprint density at radius 3 is 2.96 bits per heavy atom. The van der Waals surface area contributed by atoms with E-state index in [1.165, 1.54) is 0 Å². The molecule has 0 radical (unpaired) electrons. The lowest BCUT2D eigenvalue weighted by Crippen LogP contribution is -2.46. The van der Waals surface area contributed by atoms with Crippen LogP contribution in [0.3, 0.4) is 0 Å². The van der Waals surface area contributed by atoms with E-state index in [-0.39, 0.29) is 11.9 Å². The highest BCUT2D eigenvalue weighted by molar-refractivity contribution is 6.05. The number of rotatable bonds is 3. The van der Waals surface area contributed by atoms with Crippen LogP contribution in [0.5, 0.6) is 0 Å². The Morgan fingerprint density at radius 2 is 2.17 bits per heavy atom. The molecule has 2 N–H and O–H groups in total. The number of benzene rings is 1. The minimum absolute atomic E-state index is 0.108. The van der Waals surface area contributed by atoms with Crippen LogP contribution in [-0.2, 0) is 0 Å². The summed E-state index contributed by atoms with van der Waals surface area (Å²) in [4.78, 5) is 30.1. The third kappa shape index (κ3) is 3.31. The number of nitrogens with one attached hydrogen (secondary N) is 2. The van der Waals surface area contributed by atoms with Gasteiger partial charge in [0.15, 0.2) is 0 Å². The summed E-state index contributed by atoms with van der Waals surface area (Å²) in [6.07, 6.45) is 2.55. The highest BCUT2D eigenvalue weighted by Crippen LogP contribution is 2.21. The maximum absolute atomic E-state index is 12.3. The van der Waals surface area contributed by atoms with Crippen molar-refractivity contribution in [3.05, 3.63) is 53.9 Å². The zero-order chi connectivity index (χ0) is 16.2. The molecule has 1 saturated heterocycles. The number of amides is 3. The highest BCUT2D eigenvalue weighted by atomic mass is 16.2. The van der Waals surface area contributed by atoms with Gasteiger partial charge in [-0.2, -0.15) is 0 Å². The lowest BCUT2D eigenvalue weighted by Gasteiger charge is -2.27. The van der Waals surface area contributed by atoms with E-state index in [0.29, 0.717) is 30.0 Å². The van der Waals surface area contributed by atoms with Gasteiger partial charge < -0.3 is 10.6 Å². The monoisotopic (exact) mass is 310 g/mol. The average Bonchev–Trinajstić information content (AvgIpc) is 2.56. The number of anilines is 2. The number of pyridine rings is 1. The fraction of sp³-hybridized carbons (Fsp3) is 0.235. The molecular weight excluding hydrogens is 292 g/mol. The topological polar surface area (TPSA) is 74.3 Å². The van der Waals surface area contributed by atoms with Crippen molar-refractivity contribution in [2.45, 2.75) is 13.3 Å². The fourth-order valence-electron chi connectivity index (χ4n) is 2.55. The predicted octanol–water partition coefficient (Wildman–Crippen LogP) is 2.56. The van der Waals surface area contributed by atoms with Crippen molar-refractivity contribution in [1.82, 2.24) is 10.3 Å². The van der Waals surface area contributed by atoms with Crippen LogP contribution < -0.4 is 15.5 Å². The molecule has 1 aliphatic rings. The largest absolute Gasteiger partial charge is 0.338 e. The first kappa shape index (κ1) is 15.0. The number of carbonyl (C=O) groups excluding carboxylic acids is 2. The lowest BCUT2D eigenvalue weighted by atomic mass is 10.2. The molecular formula is C17H18N4O2. The molecule has 6 heteroatoms. The third-order valence-corrected chi connectivity index (χ3v) is 3.75. The molecule has 1 fully saturated rings. The van der Waals surface area contributed by atoms with Crippen LogP contribution in [0.2, 0.25) is 0 Å². The molecule has 2 aromatic rings. The van der Waals surface area contributed by atoms with E-state index >= 15 is 0 Å². The summed E-state index contributed by atoms with van der Waals surface area (Å²) in [6, 6.07) is 10.6. The third-order valence-electron chi connectivity index (χ3n) is 3.75. The van der Waals surface area contributed by atoms with Gasteiger partial charge >= 0.3 is 6.03 Å². The Hall–Kier alpha value is -2.89. The molecule has 0 bridgehead atoms. The van der Waals surface area contributed by atoms with E-state index < -0.39 is 0 Å². The van der Waals surface area contributed by atoms with Gasteiger partial charge in [0.05, 0.1) is 5.56 Å². The van der Waals surface area contributed by atoms with Crippen LogP contribution in [0.4, 0.5) is 16.2 Å². The van der Waals surface area contributed by atoms with Crippen LogP contribution in [0, 0.1) is 6.92 Å². The molecule has 0 unspecified atom stereocenters. The Kier molecular flexibility index (Phi) is 4.23. The maximum atomic E-state index is 12.3. The van der Waals surface area contributed by atoms with Crippen molar-refractivity contribution in [3.63, 3.8) is 0 Å². The average molecular weight is 310 g/mol. The smallest absolute Gasteiger partial charge is 0.321 e. The van der Waals surface area contributed by atoms with Gasteiger partial charge in [-0.3, -0.25) is 14.7 Å². The molecule has 2 heterocycles. The number of carbonyl (C=O) groups is 2. The van der Waals surface area contributed by atoms with Gasteiger partial charge in [-0.25, -0.2) is 4.79 Å². The van der Waals surface area contributed by atoms with Crippen LogP contribution in [0.15, 0.2) is 42.6 Å². The minimum atomic E-state index is -0.212. The molecule has 1 aromatic carbocycles. The quantitative estimate of drug-likeness (QED) is 0.915. The second-order valence-corrected chi connectivity index (χ2v) is 5.38. The molecule has 6 nitrogen and oxygen atoms in total. The summed E-state index contributed by atoms with van der Waals surface area (Å²) in [5.74, 6) is -0.212. The van der Waals surface area contributed by atoms with Gasteiger partial charge in [-0.15, -0.1) is 0 Å². The Bertz CT molecular complexity index is 745. The Labute approximate surface area is 134 Å². The Morgan fingerprint density at radius 1 is 1.30 bits per heavy atom. The summed E-state index contributed by atoms with van der Waals surface area (Å²) in [6.45, 7) is 3.17. The first-order valence-corrected chi connectivity index (χ1v) is 7.53. The first-order valence-electron chi connectivity index (χ1n) is 7.53. The van der Waals surface area contributed by atoms with Crippen LogP contribution >= 0.6 is 0 Å². The van der Waals surface area contributed by atoms with E-state index in [4.69, 9.17) is 0 Å². The van der Waals surface area contributed by atoms with Gasteiger partial charge in [0, 0.05) is 36.4 Å². The number of aromatic nitrogens is 1. The Balaban J connectivity index is 1.79. The van der Waals surface area contributed by atoms with Gasteiger partial charge in [0.25, 0.3) is 5.91 Å². The fourth-order valence-corrected chi connectivity index (χ4v) is 2.55. The molecule has 118 valence electrons. The van der Waals surface area contributed by atoms with Crippen LogP contribution in [0.1, 0.15) is 22.5 Å². The summed E-state index contributed by atoms with van der Waals surface area (Å²) < 4.78 is 0. The number of urea groups is 1. The summed E-state index contributed by atoms with van der Waals surface area (Å²) >= 11 is 0. The van der Waals surface area contributed by atoms with Crippen molar-refractivity contribution >= 4 is 23.3 Å². The second-order valence-electron chi connectivity index (χ2n) is 5.38. The molecule has 1 aromatic heterocycles. The standard InChI is InChI=1S/C17H18N4O2/c1-12-15(7-3-8-18-12)16(22)20-13-5-2-6-14(11-13)21-10-4-9-19-17(21)23/h2-3,5-8,11H,4,9-10H2,1H3,(H,19,23)(H,20,22). The number of hydrogen-bond donors (Lipinski definition) is 2.